The van der Waals surface area contributed by atoms with Gasteiger partial charge in [0, 0.05) is 11.1 Å². The van der Waals surface area contributed by atoms with Crippen LogP contribution in [0, 0.1) is 0 Å². The molecule has 0 amide bonds. The lowest BCUT2D eigenvalue weighted by molar-refractivity contribution is 0.101. The Labute approximate surface area is 134 Å². The minimum Gasteiger partial charge on any atom is -0.306 e. The molecule has 4 heteroatoms. The Morgan fingerprint density at radius 2 is 1.91 bits per heavy atom. The van der Waals surface area contributed by atoms with Crippen molar-refractivity contribution >= 4 is 16.7 Å². The first-order chi connectivity index (χ1) is 11.0. The summed E-state index contributed by atoms with van der Waals surface area (Å²) in [6.45, 7) is 5.69. The highest BCUT2D eigenvalue weighted by atomic mass is 16.1. The molecule has 0 bridgehead atoms. The molecule has 0 radical (unpaired) electrons. The molecule has 0 aliphatic heterocycles. The topological polar surface area (TPSA) is 62.8 Å². The van der Waals surface area contributed by atoms with Gasteiger partial charge in [-0.3, -0.25) is 9.59 Å². The van der Waals surface area contributed by atoms with Crippen LogP contribution in [0.2, 0.25) is 0 Å². The summed E-state index contributed by atoms with van der Waals surface area (Å²) in [7, 11) is 0. The summed E-state index contributed by atoms with van der Waals surface area (Å²) in [5.74, 6) is 0.810. The fourth-order valence-electron chi connectivity index (χ4n) is 2.54. The van der Waals surface area contributed by atoms with Crippen LogP contribution in [0.1, 0.15) is 42.6 Å². The summed E-state index contributed by atoms with van der Waals surface area (Å²) < 4.78 is 0. The van der Waals surface area contributed by atoms with E-state index in [1.807, 2.05) is 24.3 Å². The summed E-state index contributed by atoms with van der Waals surface area (Å²) in [6, 6.07) is 12.9. The van der Waals surface area contributed by atoms with E-state index in [0.717, 1.165) is 11.1 Å². The molecule has 3 rings (SSSR count). The Morgan fingerprint density at radius 3 is 2.61 bits per heavy atom. The van der Waals surface area contributed by atoms with Crippen molar-refractivity contribution in [2.75, 3.05) is 0 Å². The Morgan fingerprint density at radius 1 is 1.13 bits per heavy atom. The van der Waals surface area contributed by atoms with Crippen LogP contribution in [-0.2, 0) is 0 Å². The zero-order chi connectivity index (χ0) is 16.6. The predicted molar refractivity (Wildman–Crippen MR) is 91.9 cm³/mol. The smallest absolute Gasteiger partial charge is 0.259 e. The average molecular weight is 306 g/mol. The first kappa shape index (κ1) is 15.2. The fourth-order valence-corrected chi connectivity index (χ4v) is 2.54. The van der Waals surface area contributed by atoms with Crippen LogP contribution in [0.25, 0.3) is 22.3 Å². The second kappa shape index (κ2) is 5.80. The Bertz CT molecular complexity index is 955. The molecule has 4 nitrogen and oxygen atoms in total. The van der Waals surface area contributed by atoms with E-state index in [2.05, 4.69) is 23.8 Å². The van der Waals surface area contributed by atoms with Gasteiger partial charge in [-0.15, -0.1) is 0 Å². The highest BCUT2D eigenvalue weighted by Crippen LogP contribution is 2.21. The molecule has 0 fully saturated rings. The highest BCUT2D eigenvalue weighted by Gasteiger charge is 2.09. The van der Waals surface area contributed by atoms with Crippen LogP contribution in [0.4, 0.5) is 0 Å². The average Bonchev–Trinajstić information content (AvgIpc) is 2.54. The molecule has 0 aliphatic rings. The monoisotopic (exact) mass is 306 g/mol. The van der Waals surface area contributed by atoms with Crippen molar-refractivity contribution in [3.8, 4) is 11.4 Å². The molecular formula is C19H18N2O2. The maximum atomic E-state index is 12.4. The molecule has 0 saturated carbocycles. The number of nitrogens with zero attached hydrogens (tertiary/aromatic N) is 1. The molecule has 0 spiro atoms. The lowest BCUT2D eigenvalue weighted by atomic mass is 10.0. The third kappa shape index (κ3) is 2.93. The molecule has 23 heavy (non-hydrogen) atoms. The lowest BCUT2D eigenvalue weighted by Gasteiger charge is -2.08. The summed E-state index contributed by atoms with van der Waals surface area (Å²) in [5.41, 5.74) is 2.92. The van der Waals surface area contributed by atoms with Gasteiger partial charge in [-0.25, -0.2) is 4.98 Å². The maximum absolute atomic E-state index is 12.4. The molecule has 2 aromatic carbocycles. The Balaban J connectivity index is 2.17. The molecule has 0 unspecified atom stereocenters. The van der Waals surface area contributed by atoms with E-state index in [-0.39, 0.29) is 11.3 Å². The first-order valence-electron chi connectivity index (χ1n) is 7.61. The molecule has 3 aromatic rings. The molecular weight excluding hydrogens is 288 g/mol. The maximum Gasteiger partial charge on any atom is 0.259 e. The number of carbonyl (C=O) groups is 1. The number of H-pyrrole nitrogens is 1. The van der Waals surface area contributed by atoms with Crippen molar-refractivity contribution < 1.29 is 4.79 Å². The third-order valence-electron chi connectivity index (χ3n) is 3.94. The van der Waals surface area contributed by atoms with E-state index in [9.17, 15) is 9.59 Å². The predicted octanol–water partition coefficient (Wildman–Crippen LogP) is 3.92. The lowest BCUT2D eigenvalue weighted by Crippen LogP contribution is -2.10. The van der Waals surface area contributed by atoms with Crippen LogP contribution < -0.4 is 5.56 Å². The molecule has 0 atom stereocenters. The van der Waals surface area contributed by atoms with Gasteiger partial charge in [0.2, 0.25) is 0 Å². The van der Waals surface area contributed by atoms with Crippen LogP contribution >= 0.6 is 0 Å². The number of nitrogens with one attached hydrogen (secondary N) is 1. The van der Waals surface area contributed by atoms with Crippen LogP contribution in [0.15, 0.2) is 47.3 Å². The number of rotatable bonds is 3. The minimum absolute atomic E-state index is 0.0171. The van der Waals surface area contributed by atoms with Crippen molar-refractivity contribution in [3.63, 3.8) is 0 Å². The second-order valence-electron chi connectivity index (χ2n) is 5.98. The minimum atomic E-state index is -0.166. The quantitative estimate of drug-likeness (QED) is 0.746. The molecule has 116 valence electrons. The number of Topliss-reactive ketones (excluding diaryl/α,β-unsaturated/α-hetero) is 1. The van der Waals surface area contributed by atoms with Gasteiger partial charge in [-0.2, -0.15) is 0 Å². The Hall–Kier alpha value is -2.75. The summed E-state index contributed by atoms with van der Waals surface area (Å²) in [4.78, 5) is 31.3. The number of benzene rings is 2. The van der Waals surface area contributed by atoms with Crippen molar-refractivity contribution in [2.24, 2.45) is 0 Å². The number of ketones is 1. The van der Waals surface area contributed by atoms with Gasteiger partial charge in [-0.1, -0.05) is 38.1 Å². The number of hydrogen-bond acceptors (Lipinski definition) is 3. The molecule has 1 heterocycles. The van der Waals surface area contributed by atoms with Gasteiger partial charge in [0.25, 0.3) is 5.56 Å². The molecule has 0 saturated heterocycles. The SMILES string of the molecule is CC(=O)c1cccc(-c2nc3ccc(C(C)C)cc3c(=O)[nH]2)c1. The van der Waals surface area contributed by atoms with Crippen LogP contribution in [0.3, 0.4) is 0 Å². The number of carbonyl (C=O) groups excluding carboxylic acids is 1. The largest absolute Gasteiger partial charge is 0.306 e. The van der Waals surface area contributed by atoms with E-state index in [1.54, 1.807) is 18.2 Å². The van der Waals surface area contributed by atoms with Crippen molar-refractivity contribution in [1.29, 1.82) is 0 Å². The van der Waals surface area contributed by atoms with Gasteiger partial charge in [0.05, 0.1) is 10.9 Å². The van der Waals surface area contributed by atoms with Gasteiger partial charge >= 0.3 is 0 Å². The number of fused-ring (bicyclic) bond motifs is 1. The summed E-state index contributed by atoms with van der Waals surface area (Å²) in [6.07, 6.45) is 0. The number of hydrogen-bond donors (Lipinski definition) is 1. The summed E-state index contributed by atoms with van der Waals surface area (Å²) in [5, 5.41) is 0.586. The van der Waals surface area contributed by atoms with Crippen molar-refractivity contribution in [3.05, 3.63) is 63.9 Å². The normalized spacial score (nSPS) is 11.1. The number of aromatic nitrogens is 2. The van der Waals surface area contributed by atoms with E-state index in [1.165, 1.54) is 6.92 Å². The zero-order valence-electron chi connectivity index (χ0n) is 13.4. The molecule has 0 aliphatic carbocycles. The fraction of sp³-hybridized carbons (Fsp3) is 0.211. The van der Waals surface area contributed by atoms with Gasteiger partial charge in [0.15, 0.2) is 5.78 Å². The second-order valence-corrected chi connectivity index (χ2v) is 5.98. The Kier molecular flexibility index (Phi) is 3.82. The van der Waals surface area contributed by atoms with E-state index in [0.29, 0.717) is 28.2 Å². The summed E-state index contributed by atoms with van der Waals surface area (Å²) >= 11 is 0. The molecule has 1 N–H and O–H groups in total. The zero-order valence-corrected chi connectivity index (χ0v) is 13.4. The van der Waals surface area contributed by atoms with Crippen LogP contribution in [-0.4, -0.2) is 15.8 Å². The standard InChI is InChI=1S/C19H18N2O2/c1-11(2)13-7-8-17-16(10-13)19(23)21-18(20-17)15-6-4-5-14(9-15)12(3)22/h4-11H,1-3H3,(H,20,21,23). The van der Waals surface area contributed by atoms with Gasteiger partial charge in [-0.05, 0) is 36.6 Å². The van der Waals surface area contributed by atoms with E-state index in [4.69, 9.17) is 0 Å². The van der Waals surface area contributed by atoms with E-state index < -0.39 is 0 Å². The van der Waals surface area contributed by atoms with E-state index >= 15 is 0 Å². The van der Waals surface area contributed by atoms with Gasteiger partial charge in [0.1, 0.15) is 5.82 Å². The van der Waals surface area contributed by atoms with Gasteiger partial charge < -0.3 is 4.98 Å². The highest BCUT2D eigenvalue weighted by molar-refractivity contribution is 5.95. The molecule has 1 aromatic heterocycles. The van der Waals surface area contributed by atoms with Crippen LogP contribution in [0.5, 0.6) is 0 Å². The first-order valence-corrected chi connectivity index (χ1v) is 7.61. The van der Waals surface area contributed by atoms with Crippen molar-refractivity contribution in [1.82, 2.24) is 9.97 Å². The third-order valence-corrected chi connectivity index (χ3v) is 3.94. The number of aromatic amines is 1. The van der Waals surface area contributed by atoms with Crippen molar-refractivity contribution in [2.45, 2.75) is 26.7 Å².